The monoisotopic (exact) mass is 392 g/mol. The van der Waals surface area contributed by atoms with Gasteiger partial charge >= 0.3 is 0 Å². The number of sulfonamides is 1. The molecule has 2 aromatic heterocycles. The number of aromatic nitrogens is 3. The molecule has 0 atom stereocenters. The molecular formula is C20H16N4O3S. The van der Waals surface area contributed by atoms with Crippen molar-refractivity contribution in [2.24, 2.45) is 0 Å². The predicted octanol–water partition coefficient (Wildman–Crippen LogP) is 2.46. The van der Waals surface area contributed by atoms with E-state index in [4.69, 9.17) is 0 Å². The minimum atomic E-state index is -3.70. The Labute approximate surface area is 161 Å². The Morgan fingerprint density at radius 3 is 2.61 bits per heavy atom. The Hall–Kier alpha value is -3.36. The molecule has 0 amide bonds. The summed E-state index contributed by atoms with van der Waals surface area (Å²) in [5.41, 5.74) is 2.28. The highest BCUT2D eigenvalue weighted by Gasteiger charge is 2.15. The summed E-state index contributed by atoms with van der Waals surface area (Å²) in [6.45, 7) is 0.197. The summed E-state index contributed by atoms with van der Waals surface area (Å²) in [4.78, 5) is 22.9. The van der Waals surface area contributed by atoms with E-state index in [-0.39, 0.29) is 17.0 Å². The number of benzene rings is 2. The highest BCUT2D eigenvalue weighted by atomic mass is 32.2. The summed E-state index contributed by atoms with van der Waals surface area (Å²) in [6.07, 6.45) is 1.32. The van der Waals surface area contributed by atoms with Crippen molar-refractivity contribution in [1.29, 1.82) is 0 Å². The summed E-state index contributed by atoms with van der Waals surface area (Å²) in [7, 11) is -3.70. The van der Waals surface area contributed by atoms with Crippen LogP contribution >= 0.6 is 0 Å². The number of hydrogen-bond acceptors (Lipinski definition) is 5. The molecule has 7 nitrogen and oxygen atoms in total. The van der Waals surface area contributed by atoms with Crippen LogP contribution in [-0.4, -0.2) is 23.4 Å². The molecule has 0 fully saturated rings. The van der Waals surface area contributed by atoms with Crippen LogP contribution in [0.25, 0.3) is 22.3 Å². The molecular weight excluding hydrogens is 376 g/mol. The van der Waals surface area contributed by atoms with Crippen LogP contribution in [0.15, 0.2) is 82.7 Å². The predicted molar refractivity (Wildman–Crippen MR) is 106 cm³/mol. The van der Waals surface area contributed by atoms with Crippen molar-refractivity contribution >= 4 is 21.1 Å². The van der Waals surface area contributed by atoms with Gasteiger partial charge in [-0.1, -0.05) is 42.5 Å². The van der Waals surface area contributed by atoms with Gasteiger partial charge in [0.1, 0.15) is 0 Å². The summed E-state index contributed by atoms with van der Waals surface area (Å²) >= 11 is 0. The molecule has 4 rings (SSSR count). The summed E-state index contributed by atoms with van der Waals surface area (Å²) in [5.74, 6) is 0. The maximum atomic E-state index is 12.7. The number of H-pyrrole nitrogens is 1. The Morgan fingerprint density at radius 2 is 1.79 bits per heavy atom. The molecule has 0 unspecified atom stereocenters. The Kier molecular flexibility index (Phi) is 4.72. The SMILES string of the molecule is O=c1nc[nH]c2ccc(-c3cccc(S(=O)(=O)NCc4ccccc4)c3)nc12. The van der Waals surface area contributed by atoms with Crippen molar-refractivity contribution in [2.75, 3.05) is 0 Å². The highest BCUT2D eigenvalue weighted by molar-refractivity contribution is 7.89. The summed E-state index contributed by atoms with van der Waals surface area (Å²) < 4.78 is 27.9. The second-order valence-electron chi connectivity index (χ2n) is 6.14. The Bertz CT molecular complexity index is 1300. The van der Waals surface area contributed by atoms with E-state index in [2.05, 4.69) is 19.7 Å². The fourth-order valence-electron chi connectivity index (χ4n) is 2.80. The van der Waals surface area contributed by atoms with E-state index in [1.54, 1.807) is 24.3 Å². The minimum Gasteiger partial charge on any atom is -0.344 e. The normalized spacial score (nSPS) is 11.6. The van der Waals surface area contributed by atoms with Crippen LogP contribution in [0.4, 0.5) is 0 Å². The van der Waals surface area contributed by atoms with Crippen LogP contribution in [0.5, 0.6) is 0 Å². The van der Waals surface area contributed by atoms with Gasteiger partial charge in [-0.2, -0.15) is 4.98 Å². The van der Waals surface area contributed by atoms with E-state index in [0.29, 0.717) is 16.8 Å². The maximum absolute atomic E-state index is 12.7. The molecule has 4 aromatic rings. The molecule has 28 heavy (non-hydrogen) atoms. The Balaban J connectivity index is 1.66. The van der Waals surface area contributed by atoms with Crippen molar-refractivity contribution in [3.05, 3.63) is 89.0 Å². The van der Waals surface area contributed by atoms with E-state index in [1.807, 2.05) is 30.3 Å². The van der Waals surface area contributed by atoms with Gasteiger partial charge in [0.05, 0.1) is 22.4 Å². The average molecular weight is 392 g/mol. The third kappa shape index (κ3) is 3.68. The summed E-state index contributed by atoms with van der Waals surface area (Å²) in [5, 5.41) is 0. The summed E-state index contributed by atoms with van der Waals surface area (Å²) in [6, 6.07) is 19.2. The Morgan fingerprint density at radius 1 is 0.964 bits per heavy atom. The molecule has 0 saturated carbocycles. The maximum Gasteiger partial charge on any atom is 0.299 e. The molecule has 0 aliphatic carbocycles. The van der Waals surface area contributed by atoms with Crippen molar-refractivity contribution in [1.82, 2.24) is 19.7 Å². The van der Waals surface area contributed by atoms with E-state index >= 15 is 0 Å². The number of hydrogen-bond donors (Lipinski definition) is 2. The first kappa shape index (κ1) is 18.0. The second-order valence-corrected chi connectivity index (χ2v) is 7.91. The van der Waals surface area contributed by atoms with Gasteiger partial charge in [-0.15, -0.1) is 0 Å². The van der Waals surface area contributed by atoms with Crippen molar-refractivity contribution < 1.29 is 8.42 Å². The minimum absolute atomic E-state index is 0.128. The van der Waals surface area contributed by atoms with E-state index < -0.39 is 15.6 Å². The lowest BCUT2D eigenvalue weighted by molar-refractivity contribution is 0.581. The number of nitrogens with one attached hydrogen (secondary N) is 2. The molecule has 8 heteroatoms. The first-order chi connectivity index (χ1) is 13.5. The third-order valence-corrected chi connectivity index (χ3v) is 5.65. The van der Waals surface area contributed by atoms with Crippen LogP contribution in [0.3, 0.4) is 0 Å². The zero-order chi connectivity index (χ0) is 19.6. The van der Waals surface area contributed by atoms with E-state index in [0.717, 1.165) is 5.56 Å². The van der Waals surface area contributed by atoms with Crippen molar-refractivity contribution in [3.63, 3.8) is 0 Å². The topological polar surface area (TPSA) is 105 Å². The third-order valence-electron chi connectivity index (χ3n) is 4.25. The molecule has 0 saturated heterocycles. The number of rotatable bonds is 5. The van der Waals surface area contributed by atoms with Gasteiger partial charge in [0.15, 0.2) is 5.52 Å². The number of nitrogens with zero attached hydrogens (tertiary/aromatic N) is 2. The zero-order valence-corrected chi connectivity index (χ0v) is 15.5. The molecule has 0 bridgehead atoms. The molecule has 0 aliphatic rings. The first-order valence-corrected chi connectivity index (χ1v) is 10.00. The molecule has 2 N–H and O–H groups in total. The highest BCUT2D eigenvalue weighted by Crippen LogP contribution is 2.22. The lowest BCUT2D eigenvalue weighted by Gasteiger charge is -2.09. The smallest absolute Gasteiger partial charge is 0.299 e. The van der Waals surface area contributed by atoms with Crippen LogP contribution in [0.2, 0.25) is 0 Å². The first-order valence-electron chi connectivity index (χ1n) is 8.51. The lowest BCUT2D eigenvalue weighted by atomic mass is 10.1. The molecule has 2 aromatic carbocycles. The standard InChI is InChI=1S/C20H16N4O3S/c25-20-19-18(21-13-22-20)10-9-17(24-19)15-7-4-8-16(11-15)28(26,27)23-12-14-5-2-1-3-6-14/h1-11,13,23H,12H2,(H,21,22,25). The van der Waals surface area contributed by atoms with Gasteiger partial charge in [-0.3, -0.25) is 4.79 Å². The molecule has 0 spiro atoms. The molecule has 0 radical (unpaired) electrons. The number of aromatic amines is 1. The van der Waals surface area contributed by atoms with Crippen LogP contribution in [-0.2, 0) is 16.6 Å². The van der Waals surface area contributed by atoms with Crippen LogP contribution in [0, 0.1) is 0 Å². The number of fused-ring (bicyclic) bond motifs is 1. The van der Waals surface area contributed by atoms with Crippen LogP contribution in [0.1, 0.15) is 5.56 Å². The zero-order valence-electron chi connectivity index (χ0n) is 14.7. The van der Waals surface area contributed by atoms with Gasteiger partial charge in [-0.05, 0) is 29.8 Å². The van der Waals surface area contributed by atoms with E-state index in [9.17, 15) is 13.2 Å². The van der Waals surface area contributed by atoms with Crippen molar-refractivity contribution in [2.45, 2.75) is 11.4 Å². The molecule has 2 heterocycles. The number of pyridine rings is 1. The second kappa shape index (κ2) is 7.34. The molecule has 140 valence electrons. The van der Waals surface area contributed by atoms with E-state index in [1.165, 1.54) is 18.5 Å². The van der Waals surface area contributed by atoms with Crippen molar-refractivity contribution in [3.8, 4) is 11.3 Å². The quantitative estimate of drug-likeness (QED) is 0.543. The van der Waals surface area contributed by atoms with Crippen LogP contribution < -0.4 is 10.3 Å². The van der Waals surface area contributed by atoms with Gasteiger partial charge in [0, 0.05) is 12.1 Å². The largest absolute Gasteiger partial charge is 0.344 e. The van der Waals surface area contributed by atoms with Gasteiger partial charge in [0.25, 0.3) is 5.56 Å². The fraction of sp³-hybridized carbons (Fsp3) is 0.0500. The van der Waals surface area contributed by atoms with Gasteiger partial charge < -0.3 is 4.98 Å². The van der Waals surface area contributed by atoms with Gasteiger partial charge in [0.2, 0.25) is 10.0 Å². The average Bonchev–Trinajstić information content (AvgIpc) is 2.73. The van der Waals surface area contributed by atoms with Gasteiger partial charge in [-0.25, -0.2) is 18.1 Å². The fourth-order valence-corrected chi connectivity index (χ4v) is 3.86. The lowest BCUT2D eigenvalue weighted by Crippen LogP contribution is -2.23. The molecule has 0 aliphatic heterocycles.